The zero-order valence-electron chi connectivity index (χ0n) is 19.5. The maximum atomic E-state index is 12.7. The van der Waals surface area contributed by atoms with E-state index >= 15 is 0 Å². The lowest BCUT2D eigenvalue weighted by molar-refractivity contribution is -0.132. The fraction of sp³-hybridized carbons (Fsp3) is 0.346. The molecule has 2 aliphatic rings. The molecule has 0 aliphatic carbocycles. The number of carbonyl (C=O) groups excluding carboxylic acids is 3. The van der Waals surface area contributed by atoms with Crippen LogP contribution in [0.15, 0.2) is 47.7 Å². The maximum Gasteiger partial charge on any atom is 0.251 e. The van der Waals surface area contributed by atoms with E-state index in [9.17, 15) is 14.4 Å². The average molecular weight is 517 g/mol. The summed E-state index contributed by atoms with van der Waals surface area (Å²) in [6, 6.07) is 9.93. The number of carbonyl (C=O) groups is 3. The number of ketones is 1. The van der Waals surface area contributed by atoms with Crippen LogP contribution in [0, 0.1) is 0 Å². The SMILES string of the molecule is CC(C)=C1Oc2cccc(OCCC(=O)N3CCC(NC(=O)c4ccc(Cl)c(Cl)c4)CC3)c2C1=O. The van der Waals surface area contributed by atoms with E-state index in [1.165, 1.54) is 0 Å². The van der Waals surface area contributed by atoms with E-state index < -0.39 is 0 Å². The summed E-state index contributed by atoms with van der Waals surface area (Å²) in [7, 11) is 0. The number of nitrogens with zero attached hydrogens (tertiary/aromatic N) is 1. The first-order chi connectivity index (χ1) is 16.7. The molecule has 1 saturated heterocycles. The molecule has 0 atom stereocenters. The second-order valence-electron chi connectivity index (χ2n) is 8.75. The lowest BCUT2D eigenvalue weighted by atomic mass is 10.0. The molecular formula is C26H26Cl2N2O5. The summed E-state index contributed by atoms with van der Waals surface area (Å²) in [5.74, 6) is 0.764. The quantitative estimate of drug-likeness (QED) is 0.542. The molecule has 2 aromatic carbocycles. The molecule has 184 valence electrons. The third-order valence-corrected chi connectivity index (χ3v) is 6.76. The third-order valence-electron chi connectivity index (χ3n) is 6.03. The van der Waals surface area contributed by atoms with Gasteiger partial charge in [0.05, 0.1) is 23.1 Å². The Hall–Kier alpha value is -3.03. The van der Waals surface area contributed by atoms with Gasteiger partial charge in [0.1, 0.15) is 17.1 Å². The van der Waals surface area contributed by atoms with Gasteiger partial charge in [0.15, 0.2) is 5.76 Å². The Morgan fingerprint density at radius 2 is 1.86 bits per heavy atom. The van der Waals surface area contributed by atoms with Gasteiger partial charge in [-0.3, -0.25) is 14.4 Å². The fourth-order valence-corrected chi connectivity index (χ4v) is 4.42. The van der Waals surface area contributed by atoms with Gasteiger partial charge in [-0.25, -0.2) is 0 Å². The van der Waals surface area contributed by atoms with Gasteiger partial charge in [0.2, 0.25) is 11.7 Å². The standard InChI is InChI=1S/C26H26Cl2N2O5/c1-15(2)25-24(32)23-20(4-3-5-21(23)35-25)34-13-10-22(31)30-11-8-17(9-12-30)29-26(33)16-6-7-18(27)19(28)14-16/h3-7,14,17H,8-13H2,1-2H3,(H,29,33). The largest absolute Gasteiger partial charge is 0.492 e. The predicted octanol–water partition coefficient (Wildman–Crippen LogP) is 5.05. The monoisotopic (exact) mass is 516 g/mol. The molecule has 1 fully saturated rings. The number of rotatable bonds is 6. The average Bonchev–Trinajstić information content (AvgIpc) is 3.18. The summed E-state index contributed by atoms with van der Waals surface area (Å²) in [6.45, 7) is 4.88. The van der Waals surface area contributed by atoms with Gasteiger partial charge in [-0.2, -0.15) is 0 Å². The molecule has 2 heterocycles. The highest BCUT2D eigenvalue weighted by Gasteiger charge is 2.32. The van der Waals surface area contributed by atoms with Crippen molar-refractivity contribution in [2.24, 2.45) is 0 Å². The van der Waals surface area contributed by atoms with Crippen molar-refractivity contribution in [2.45, 2.75) is 39.2 Å². The predicted molar refractivity (Wildman–Crippen MR) is 133 cm³/mol. The van der Waals surface area contributed by atoms with Gasteiger partial charge in [-0.15, -0.1) is 0 Å². The minimum absolute atomic E-state index is 0.0283. The number of hydrogen-bond acceptors (Lipinski definition) is 5. The molecule has 0 spiro atoms. The maximum absolute atomic E-state index is 12.7. The van der Waals surface area contributed by atoms with Crippen molar-refractivity contribution >= 4 is 40.8 Å². The molecular weight excluding hydrogens is 491 g/mol. The lowest BCUT2D eigenvalue weighted by Gasteiger charge is -2.32. The second-order valence-corrected chi connectivity index (χ2v) is 9.56. The van der Waals surface area contributed by atoms with Crippen LogP contribution in [-0.4, -0.2) is 48.2 Å². The molecule has 2 aliphatic heterocycles. The number of halogens is 2. The third kappa shape index (κ3) is 5.63. The zero-order valence-corrected chi connectivity index (χ0v) is 21.0. The number of Topliss-reactive ketones (excluding diaryl/α,β-unsaturated/α-hetero) is 1. The van der Waals surface area contributed by atoms with E-state index in [1.807, 2.05) is 13.8 Å². The van der Waals surface area contributed by atoms with Crippen LogP contribution in [0.25, 0.3) is 0 Å². The molecule has 9 heteroatoms. The van der Waals surface area contributed by atoms with Gasteiger partial charge in [0, 0.05) is 24.7 Å². The van der Waals surface area contributed by atoms with Crippen LogP contribution < -0.4 is 14.8 Å². The summed E-state index contributed by atoms with van der Waals surface area (Å²) >= 11 is 11.9. The van der Waals surface area contributed by atoms with Crippen LogP contribution in [0.4, 0.5) is 0 Å². The first-order valence-corrected chi connectivity index (χ1v) is 12.2. The Labute approximate surface area is 214 Å². The number of amides is 2. The Balaban J connectivity index is 1.25. The minimum Gasteiger partial charge on any atom is -0.492 e. The van der Waals surface area contributed by atoms with Crippen LogP contribution in [-0.2, 0) is 4.79 Å². The van der Waals surface area contributed by atoms with Crippen molar-refractivity contribution < 1.29 is 23.9 Å². The van der Waals surface area contributed by atoms with Gasteiger partial charge in [-0.05, 0) is 62.6 Å². The van der Waals surface area contributed by atoms with Gasteiger partial charge in [-0.1, -0.05) is 29.3 Å². The number of allylic oxidation sites excluding steroid dienone is 2. The van der Waals surface area contributed by atoms with Crippen molar-refractivity contribution in [2.75, 3.05) is 19.7 Å². The number of hydrogen-bond donors (Lipinski definition) is 1. The number of ether oxygens (including phenoxy) is 2. The van der Waals surface area contributed by atoms with Crippen LogP contribution >= 0.6 is 23.2 Å². The molecule has 35 heavy (non-hydrogen) atoms. The van der Waals surface area contributed by atoms with Crippen LogP contribution in [0.5, 0.6) is 11.5 Å². The summed E-state index contributed by atoms with van der Waals surface area (Å²) in [5, 5.41) is 3.72. The Kier molecular flexibility index (Phi) is 7.67. The van der Waals surface area contributed by atoms with E-state index in [-0.39, 0.29) is 36.7 Å². The number of fused-ring (bicyclic) bond motifs is 1. The highest BCUT2D eigenvalue weighted by molar-refractivity contribution is 6.42. The van der Waals surface area contributed by atoms with E-state index in [2.05, 4.69) is 5.32 Å². The van der Waals surface area contributed by atoms with Crippen molar-refractivity contribution in [3.63, 3.8) is 0 Å². The summed E-state index contributed by atoms with van der Waals surface area (Å²) < 4.78 is 11.5. The first-order valence-electron chi connectivity index (χ1n) is 11.4. The number of nitrogens with one attached hydrogen (secondary N) is 1. The van der Waals surface area contributed by atoms with Crippen molar-refractivity contribution in [3.8, 4) is 11.5 Å². The molecule has 7 nitrogen and oxygen atoms in total. The summed E-state index contributed by atoms with van der Waals surface area (Å²) in [4.78, 5) is 39.6. The van der Waals surface area contributed by atoms with Crippen LogP contribution in [0.2, 0.25) is 10.0 Å². The topological polar surface area (TPSA) is 84.9 Å². The molecule has 2 aromatic rings. The lowest BCUT2D eigenvalue weighted by Crippen LogP contribution is -2.46. The Morgan fingerprint density at radius 3 is 2.54 bits per heavy atom. The Morgan fingerprint density at radius 1 is 1.11 bits per heavy atom. The van der Waals surface area contributed by atoms with E-state index in [0.717, 1.165) is 5.57 Å². The highest BCUT2D eigenvalue weighted by Crippen LogP contribution is 2.38. The molecule has 0 bridgehead atoms. The zero-order chi connectivity index (χ0) is 25.1. The van der Waals surface area contributed by atoms with Crippen LogP contribution in [0.3, 0.4) is 0 Å². The molecule has 4 rings (SSSR count). The molecule has 0 aromatic heterocycles. The van der Waals surface area contributed by atoms with Crippen LogP contribution in [0.1, 0.15) is 53.8 Å². The molecule has 0 saturated carbocycles. The van der Waals surface area contributed by atoms with E-state index in [1.54, 1.807) is 41.3 Å². The van der Waals surface area contributed by atoms with Crippen molar-refractivity contribution in [3.05, 3.63) is 68.9 Å². The summed E-state index contributed by atoms with van der Waals surface area (Å²) in [6.07, 6.45) is 1.50. The van der Waals surface area contributed by atoms with Gasteiger partial charge >= 0.3 is 0 Å². The minimum atomic E-state index is -0.216. The van der Waals surface area contributed by atoms with E-state index in [0.29, 0.717) is 64.4 Å². The highest BCUT2D eigenvalue weighted by atomic mass is 35.5. The fourth-order valence-electron chi connectivity index (χ4n) is 4.12. The molecule has 2 amide bonds. The molecule has 0 radical (unpaired) electrons. The van der Waals surface area contributed by atoms with Gasteiger partial charge < -0.3 is 19.7 Å². The number of piperidine rings is 1. The van der Waals surface area contributed by atoms with E-state index in [4.69, 9.17) is 32.7 Å². The van der Waals surface area contributed by atoms with Crippen molar-refractivity contribution in [1.82, 2.24) is 10.2 Å². The molecule has 0 unspecified atom stereocenters. The van der Waals surface area contributed by atoms with Gasteiger partial charge in [0.25, 0.3) is 5.91 Å². The smallest absolute Gasteiger partial charge is 0.251 e. The number of benzene rings is 2. The second kappa shape index (κ2) is 10.7. The Bertz CT molecular complexity index is 1200. The molecule has 1 N–H and O–H groups in total. The summed E-state index contributed by atoms with van der Waals surface area (Å²) in [5.41, 5.74) is 1.64. The van der Waals surface area contributed by atoms with Crippen molar-refractivity contribution in [1.29, 1.82) is 0 Å². The normalized spacial score (nSPS) is 15.5. The first kappa shape index (κ1) is 25.1. The number of likely N-dealkylation sites (tertiary alicyclic amines) is 1.